The molecule has 156 valence electrons. The number of likely N-dealkylation sites (N-methyl/N-ethyl adjacent to an activating group) is 1. The molecule has 0 radical (unpaired) electrons. The van der Waals surface area contributed by atoms with Gasteiger partial charge in [0.15, 0.2) is 5.82 Å². The number of nitrogens with one attached hydrogen (secondary N) is 1. The van der Waals surface area contributed by atoms with Crippen LogP contribution < -0.4 is 5.32 Å². The lowest BCUT2D eigenvalue weighted by molar-refractivity contribution is -0.384. The highest BCUT2D eigenvalue weighted by Gasteiger charge is 2.22. The number of rotatable bonds is 7. The van der Waals surface area contributed by atoms with Crippen LogP contribution >= 0.6 is 0 Å². The molecule has 1 saturated heterocycles. The number of nitro groups is 1. The van der Waals surface area contributed by atoms with Gasteiger partial charge in [-0.1, -0.05) is 0 Å². The number of aromatic nitrogens is 2. The van der Waals surface area contributed by atoms with Crippen molar-refractivity contribution in [3.8, 4) is 11.4 Å². The number of hydrogen-bond acceptors (Lipinski definition) is 7. The summed E-state index contributed by atoms with van der Waals surface area (Å²) in [5, 5.41) is 14.4. The van der Waals surface area contributed by atoms with E-state index in [2.05, 4.69) is 46.0 Å². The van der Waals surface area contributed by atoms with Crippen molar-refractivity contribution >= 4 is 11.5 Å². The quantitative estimate of drug-likeness (QED) is 0.566. The van der Waals surface area contributed by atoms with Crippen LogP contribution in [-0.2, 0) is 0 Å². The molecule has 1 aliphatic rings. The normalized spacial score (nSPS) is 16.0. The fourth-order valence-electron chi connectivity index (χ4n) is 3.41. The second kappa shape index (κ2) is 8.84. The van der Waals surface area contributed by atoms with Gasteiger partial charge in [0.05, 0.1) is 4.92 Å². The van der Waals surface area contributed by atoms with Gasteiger partial charge >= 0.3 is 0 Å². The summed E-state index contributed by atoms with van der Waals surface area (Å²) in [6.45, 7) is 11.8. The molecule has 0 unspecified atom stereocenters. The van der Waals surface area contributed by atoms with Crippen LogP contribution in [0.3, 0.4) is 0 Å². The summed E-state index contributed by atoms with van der Waals surface area (Å²) in [6.07, 6.45) is 1.01. The van der Waals surface area contributed by atoms with Crippen LogP contribution in [0.25, 0.3) is 11.4 Å². The second-order valence-corrected chi connectivity index (χ2v) is 8.43. The third-order valence-corrected chi connectivity index (χ3v) is 5.31. The molecule has 2 heterocycles. The zero-order valence-electron chi connectivity index (χ0n) is 17.7. The molecule has 0 bridgehead atoms. The fraction of sp³-hybridized carbons (Fsp3) is 0.524. The molecular weight excluding hydrogens is 368 g/mol. The van der Waals surface area contributed by atoms with E-state index in [9.17, 15) is 10.1 Å². The monoisotopic (exact) mass is 398 g/mol. The number of piperazine rings is 1. The highest BCUT2D eigenvalue weighted by atomic mass is 16.6. The molecule has 0 saturated carbocycles. The minimum Gasteiger partial charge on any atom is -0.365 e. The predicted molar refractivity (Wildman–Crippen MR) is 115 cm³/mol. The van der Waals surface area contributed by atoms with Gasteiger partial charge in [-0.15, -0.1) is 0 Å². The van der Waals surface area contributed by atoms with Gasteiger partial charge in [0.25, 0.3) is 5.69 Å². The average molecular weight is 399 g/mol. The molecule has 2 aromatic rings. The van der Waals surface area contributed by atoms with Gasteiger partial charge in [0.1, 0.15) is 5.82 Å². The summed E-state index contributed by atoms with van der Waals surface area (Å²) < 4.78 is 0. The molecule has 1 aromatic carbocycles. The Morgan fingerprint density at radius 1 is 1.14 bits per heavy atom. The Labute approximate surface area is 172 Å². The van der Waals surface area contributed by atoms with E-state index in [-0.39, 0.29) is 11.2 Å². The Balaban J connectivity index is 1.67. The van der Waals surface area contributed by atoms with E-state index in [4.69, 9.17) is 0 Å². The maximum Gasteiger partial charge on any atom is 0.269 e. The van der Waals surface area contributed by atoms with Crippen molar-refractivity contribution in [3.63, 3.8) is 0 Å². The van der Waals surface area contributed by atoms with Crippen molar-refractivity contribution in [2.45, 2.75) is 32.7 Å². The molecular formula is C21H30N6O2. The summed E-state index contributed by atoms with van der Waals surface area (Å²) >= 11 is 0. The van der Waals surface area contributed by atoms with Crippen molar-refractivity contribution in [1.29, 1.82) is 0 Å². The topological polar surface area (TPSA) is 87.4 Å². The third kappa shape index (κ3) is 5.95. The molecule has 3 rings (SSSR count). The summed E-state index contributed by atoms with van der Waals surface area (Å²) in [6, 6.07) is 8.28. The molecule has 8 nitrogen and oxygen atoms in total. The maximum atomic E-state index is 10.9. The maximum absolute atomic E-state index is 10.9. The Bertz CT molecular complexity index is 845. The van der Waals surface area contributed by atoms with Gasteiger partial charge in [0.2, 0.25) is 0 Å². The van der Waals surface area contributed by atoms with Crippen molar-refractivity contribution in [2.75, 3.05) is 45.1 Å². The standard InChI is InChI=1S/C21H30N6O2/c1-16-15-19(23-20(22-16)17-5-7-18(8-6-17)27(28)29)24-21(2,3)9-10-26-13-11-25(4)12-14-26/h5-8,15H,9-14H2,1-4H3,(H,22,23,24). The minimum atomic E-state index is -0.406. The van der Waals surface area contributed by atoms with Crippen LogP contribution in [0.2, 0.25) is 0 Å². The molecule has 1 aromatic heterocycles. The average Bonchev–Trinajstić information content (AvgIpc) is 2.67. The van der Waals surface area contributed by atoms with E-state index < -0.39 is 4.92 Å². The molecule has 0 spiro atoms. The van der Waals surface area contributed by atoms with Gasteiger partial charge < -0.3 is 15.1 Å². The van der Waals surface area contributed by atoms with Gasteiger partial charge in [-0.2, -0.15) is 0 Å². The zero-order valence-corrected chi connectivity index (χ0v) is 17.7. The van der Waals surface area contributed by atoms with Gasteiger partial charge in [-0.3, -0.25) is 10.1 Å². The molecule has 1 fully saturated rings. The molecule has 8 heteroatoms. The highest BCUT2D eigenvalue weighted by molar-refractivity contribution is 5.59. The first-order valence-corrected chi connectivity index (χ1v) is 10.0. The molecule has 1 N–H and O–H groups in total. The van der Waals surface area contributed by atoms with E-state index in [0.717, 1.165) is 56.2 Å². The molecule has 0 atom stereocenters. The molecule has 29 heavy (non-hydrogen) atoms. The van der Waals surface area contributed by atoms with Gasteiger partial charge in [-0.05, 0) is 46.4 Å². The molecule has 1 aliphatic heterocycles. The van der Waals surface area contributed by atoms with Crippen LogP contribution in [-0.4, -0.2) is 70.0 Å². The number of hydrogen-bond donors (Lipinski definition) is 1. The number of aryl methyl sites for hydroxylation is 1. The van der Waals surface area contributed by atoms with E-state index >= 15 is 0 Å². The Kier molecular flexibility index (Phi) is 6.44. The number of anilines is 1. The van der Waals surface area contributed by atoms with Crippen LogP contribution in [0.1, 0.15) is 26.0 Å². The number of nitro benzene ring substituents is 1. The van der Waals surface area contributed by atoms with Gasteiger partial charge in [-0.25, -0.2) is 9.97 Å². The Hall–Kier alpha value is -2.58. The summed E-state index contributed by atoms with van der Waals surface area (Å²) in [5.74, 6) is 1.34. The number of non-ortho nitro benzene ring substituents is 1. The summed E-state index contributed by atoms with van der Waals surface area (Å²) in [7, 11) is 2.17. The summed E-state index contributed by atoms with van der Waals surface area (Å²) in [4.78, 5) is 24.5. The van der Waals surface area contributed by atoms with Crippen LogP contribution in [0, 0.1) is 17.0 Å². The first-order chi connectivity index (χ1) is 13.7. The number of benzene rings is 1. The lowest BCUT2D eigenvalue weighted by Crippen LogP contribution is -2.46. The largest absolute Gasteiger partial charge is 0.365 e. The van der Waals surface area contributed by atoms with Gasteiger partial charge in [0, 0.05) is 67.7 Å². The van der Waals surface area contributed by atoms with Crippen LogP contribution in [0.4, 0.5) is 11.5 Å². The predicted octanol–water partition coefficient (Wildman–Crippen LogP) is 3.19. The van der Waals surface area contributed by atoms with Crippen LogP contribution in [0.5, 0.6) is 0 Å². The van der Waals surface area contributed by atoms with Crippen molar-refractivity contribution in [3.05, 3.63) is 46.1 Å². The van der Waals surface area contributed by atoms with Crippen molar-refractivity contribution in [1.82, 2.24) is 19.8 Å². The molecule has 0 amide bonds. The highest BCUT2D eigenvalue weighted by Crippen LogP contribution is 2.23. The zero-order chi connectivity index (χ0) is 21.0. The summed E-state index contributed by atoms with van der Waals surface area (Å²) in [5.41, 5.74) is 1.56. The minimum absolute atomic E-state index is 0.0600. The Morgan fingerprint density at radius 2 is 1.79 bits per heavy atom. The van der Waals surface area contributed by atoms with E-state index in [1.807, 2.05) is 13.0 Å². The third-order valence-electron chi connectivity index (χ3n) is 5.31. The van der Waals surface area contributed by atoms with Crippen molar-refractivity contribution in [2.24, 2.45) is 0 Å². The fourth-order valence-corrected chi connectivity index (χ4v) is 3.41. The lowest BCUT2D eigenvalue weighted by Gasteiger charge is -2.35. The Morgan fingerprint density at radius 3 is 2.41 bits per heavy atom. The van der Waals surface area contributed by atoms with E-state index in [1.54, 1.807) is 12.1 Å². The smallest absolute Gasteiger partial charge is 0.269 e. The van der Waals surface area contributed by atoms with Crippen LogP contribution in [0.15, 0.2) is 30.3 Å². The van der Waals surface area contributed by atoms with E-state index in [0.29, 0.717) is 5.82 Å². The molecule has 0 aliphatic carbocycles. The number of nitrogens with zero attached hydrogens (tertiary/aromatic N) is 5. The first kappa shape index (κ1) is 21.1. The van der Waals surface area contributed by atoms with E-state index in [1.165, 1.54) is 12.1 Å². The lowest BCUT2D eigenvalue weighted by atomic mass is 10.00. The SMILES string of the molecule is Cc1cc(NC(C)(C)CCN2CCN(C)CC2)nc(-c2ccc([N+](=O)[O-])cc2)n1. The first-order valence-electron chi connectivity index (χ1n) is 10.0. The second-order valence-electron chi connectivity index (χ2n) is 8.43. The van der Waals surface area contributed by atoms with Crippen molar-refractivity contribution < 1.29 is 4.92 Å².